The van der Waals surface area contributed by atoms with Gasteiger partial charge in [-0.2, -0.15) is 5.10 Å². The van der Waals surface area contributed by atoms with Gasteiger partial charge in [-0.1, -0.05) is 24.3 Å². The summed E-state index contributed by atoms with van der Waals surface area (Å²) in [5, 5.41) is 8.56. The molecule has 2 fully saturated rings. The highest BCUT2D eigenvalue weighted by atomic mass is 16.5. The second-order valence-electron chi connectivity index (χ2n) is 7.10. The molecule has 3 unspecified atom stereocenters. The summed E-state index contributed by atoms with van der Waals surface area (Å²) < 4.78 is 7.61. The normalized spacial score (nSPS) is 24.2. The van der Waals surface area contributed by atoms with Gasteiger partial charge < -0.3 is 10.1 Å². The van der Waals surface area contributed by atoms with Crippen molar-refractivity contribution in [3.8, 4) is 0 Å². The van der Waals surface area contributed by atoms with Crippen LogP contribution in [0.3, 0.4) is 0 Å². The standard InChI is InChI=1S/C20H20N4O2/c25-20(16-11-15-6-7-17(16)26-15)22-18-8-10-24(23-18)12-14-4-1-3-13-5-2-9-21-19(13)14/h1-5,8-10,15-17H,6-7,11-12H2,(H,22,23,25). The molecule has 0 saturated carbocycles. The molecule has 2 aromatic heterocycles. The van der Waals surface area contributed by atoms with Gasteiger partial charge in [0, 0.05) is 23.8 Å². The van der Waals surface area contributed by atoms with E-state index in [2.05, 4.69) is 33.6 Å². The van der Waals surface area contributed by atoms with Gasteiger partial charge in [-0.3, -0.25) is 14.5 Å². The van der Waals surface area contributed by atoms with Gasteiger partial charge in [0.15, 0.2) is 5.82 Å². The summed E-state index contributed by atoms with van der Waals surface area (Å²) in [6.07, 6.45) is 6.95. The van der Waals surface area contributed by atoms with Crippen molar-refractivity contribution in [1.29, 1.82) is 0 Å². The van der Waals surface area contributed by atoms with Crippen molar-refractivity contribution in [2.75, 3.05) is 5.32 Å². The van der Waals surface area contributed by atoms with E-state index < -0.39 is 0 Å². The van der Waals surface area contributed by atoms with E-state index in [1.165, 1.54) is 0 Å². The molecule has 26 heavy (non-hydrogen) atoms. The lowest BCUT2D eigenvalue weighted by Crippen LogP contribution is -2.30. The first-order chi connectivity index (χ1) is 12.8. The van der Waals surface area contributed by atoms with Crippen molar-refractivity contribution in [1.82, 2.24) is 14.8 Å². The molecule has 3 aromatic rings. The molecule has 6 heteroatoms. The van der Waals surface area contributed by atoms with E-state index >= 15 is 0 Å². The maximum absolute atomic E-state index is 12.5. The summed E-state index contributed by atoms with van der Waals surface area (Å²) in [5.74, 6) is 0.571. The molecule has 2 bridgehead atoms. The van der Waals surface area contributed by atoms with E-state index in [1.807, 2.05) is 29.1 Å². The number of anilines is 1. The van der Waals surface area contributed by atoms with Crippen LogP contribution < -0.4 is 5.32 Å². The summed E-state index contributed by atoms with van der Waals surface area (Å²) >= 11 is 0. The van der Waals surface area contributed by atoms with E-state index in [4.69, 9.17) is 4.74 Å². The summed E-state index contributed by atoms with van der Waals surface area (Å²) in [4.78, 5) is 17.0. The second kappa shape index (κ2) is 6.21. The van der Waals surface area contributed by atoms with Gasteiger partial charge in [0.2, 0.25) is 5.91 Å². The number of hydrogen-bond donors (Lipinski definition) is 1. The van der Waals surface area contributed by atoms with Crippen LogP contribution in [-0.4, -0.2) is 32.9 Å². The summed E-state index contributed by atoms with van der Waals surface area (Å²) in [7, 11) is 0. The highest BCUT2D eigenvalue weighted by Crippen LogP contribution is 2.39. The third kappa shape index (κ3) is 2.76. The lowest BCUT2D eigenvalue weighted by Gasteiger charge is -2.16. The summed E-state index contributed by atoms with van der Waals surface area (Å²) in [6.45, 7) is 0.613. The molecule has 0 radical (unpaired) electrons. The van der Waals surface area contributed by atoms with Crippen LogP contribution in [0.1, 0.15) is 24.8 Å². The lowest BCUT2D eigenvalue weighted by molar-refractivity contribution is -0.121. The Kier molecular flexibility index (Phi) is 3.71. The molecule has 1 aromatic carbocycles. The maximum atomic E-state index is 12.5. The average Bonchev–Trinajstić information content (AvgIpc) is 3.39. The number of amides is 1. The fraction of sp³-hybridized carbons (Fsp3) is 0.350. The van der Waals surface area contributed by atoms with E-state index in [0.29, 0.717) is 12.4 Å². The Morgan fingerprint density at radius 1 is 1.23 bits per heavy atom. The Morgan fingerprint density at radius 3 is 3.00 bits per heavy atom. The quantitative estimate of drug-likeness (QED) is 0.787. The minimum absolute atomic E-state index is 0.0225. The van der Waals surface area contributed by atoms with Crippen LogP contribution in [0.4, 0.5) is 5.82 Å². The van der Waals surface area contributed by atoms with Gasteiger partial charge in [0.05, 0.1) is 30.2 Å². The van der Waals surface area contributed by atoms with Crippen molar-refractivity contribution in [2.24, 2.45) is 5.92 Å². The fourth-order valence-corrected chi connectivity index (χ4v) is 4.12. The molecule has 2 aliphatic heterocycles. The summed E-state index contributed by atoms with van der Waals surface area (Å²) in [6, 6.07) is 12.0. The molecule has 4 heterocycles. The van der Waals surface area contributed by atoms with Gasteiger partial charge in [-0.25, -0.2) is 0 Å². The molecule has 0 aliphatic carbocycles. The number of nitrogens with zero attached hydrogens (tertiary/aromatic N) is 3. The zero-order valence-electron chi connectivity index (χ0n) is 14.3. The van der Waals surface area contributed by atoms with Crippen LogP contribution >= 0.6 is 0 Å². The lowest BCUT2D eigenvalue weighted by atomic mass is 9.88. The molecule has 2 aliphatic rings. The zero-order valence-corrected chi connectivity index (χ0v) is 14.3. The van der Waals surface area contributed by atoms with Crippen LogP contribution in [0.5, 0.6) is 0 Å². The molecule has 2 saturated heterocycles. The van der Waals surface area contributed by atoms with Gasteiger partial charge in [0.1, 0.15) is 0 Å². The number of rotatable bonds is 4. The Bertz CT molecular complexity index is 962. The number of fused-ring (bicyclic) bond motifs is 3. The topological polar surface area (TPSA) is 69.0 Å². The minimum atomic E-state index is -0.0406. The first kappa shape index (κ1) is 15.5. The molecular weight excluding hydrogens is 328 g/mol. The molecule has 6 nitrogen and oxygen atoms in total. The number of nitrogens with one attached hydrogen (secondary N) is 1. The van der Waals surface area contributed by atoms with E-state index in [0.717, 1.165) is 35.7 Å². The maximum Gasteiger partial charge on any atom is 0.231 e. The molecular formula is C20H20N4O2. The van der Waals surface area contributed by atoms with E-state index in [-0.39, 0.29) is 24.0 Å². The second-order valence-corrected chi connectivity index (χ2v) is 7.10. The van der Waals surface area contributed by atoms with Crippen LogP contribution in [0.25, 0.3) is 10.9 Å². The van der Waals surface area contributed by atoms with Gasteiger partial charge in [-0.15, -0.1) is 0 Å². The molecule has 5 rings (SSSR count). The van der Waals surface area contributed by atoms with Crippen molar-refractivity contribution in [3.05, 3.63) is 54.4 Å². The van der Waals surface area contributed by atoms with Crippen LogP contribution in [0.2, 0.25) is 0 Å². The molecule has 132 valence electrons. The van der Waals surface area contributed by atoms with Crippen LogP contribution in [-0.2, 0) is 16.1 Å². The Hall–Kier alpha value is -2.73. The highest BCUT2D eigenvalue weighted by Gasteiger charge is 2.44. The van der Waals surface area contributed by atoms with Gasteiger partial charge in [0.25, 0.3) is 0 Å². The number of ether oxygens (including phenoxy) is 1. The van der Waals surface area contributed by atoms with Crippen molar-refractivity contribution in [3.63, 3.8) is 0 Å². The third-order valence-corrected chi connectivity index (χ3v) is 5.38. The number of benzene rings is 1. The highest BCUT2D eigenvalue weighted by molar-refractivity contribution is 5.92. The number of para-hydroxylation sites is 1. The largest absolute Gasteiger partial charge is 0.374 e. The molecule has 0 spiro atoms. The monoisotopic (exact) mass is 348 g/mol. The average molecular weight is 348 g/mol. The smallest absolute Gasteiger partial charge is 0.231 e. The fourth-order valence-electron chi connectivity index (χ4n) is 4.12. The van der Waals surface area contributed by atoms with Crippen molar-refractivity contribution < 1.29 is 9.53 Å². The predicted octanol–water partition coefficient (Wildman–Crippen LogP) is 2.99. The third-order valence-electron chi connectivity index (χ3n) is 5.38. The summed E-state index contributed by atoms with van der Waals surface area (Å²) in [5.41, 5.74) is 2.08. The molecule has 1 N–H and O–H groups in total. The predicted molar refractivity (Wildman–Crippen MR) is 97.7 cm³/mol. The molecule has 1 amide bonds. The number of carbonyl (C=O) groups is 1. The number of pyridine rings is 1. The Morgan fingerprint density at radius 2 is 2.15 bits per heavy atom. The van der Waals surface area contributed by atoms with E-state index in [1.54, 1.807) is 6.20 Å². The van der Waals surface area contributed by atoms with Gasteiger partial charge >= 0.3 is 0 Å². The van der Waals surface area contributed by atoms with Crippen LogP contribution in [0, 0.1) is 5.92 Å². The zero-order chi connectivity index (χ0) is 17.5. The van der Waals surface area contributed by atoms with E-state index in [9.17, 15) is 4.79 Å². The SMILES string of the molecule is O=C(Nc1ccn(Cc2cccc3cccnc23)n1)C1CC2CCC1O2. The Balaban J connectivity index is 1.30. The van der Waals surface area contributed by atoms with Crippen LogP contribution in [0.15, 0.2) is 48.8 Å². The number of hydrogen-bond acceptors (Lipinski definition) is 4. The number of carbonyl (C=O) groups excluding carboxylic acids is 1. The first-order valence-electron chi connectivity index (χ1n) is 9.09. The molecule has 3 atom stereocenters. The minimum Gasteiger partial charge on any atom is -0.374 e. The van der Waals surface area contributed by atoms with Crippen molar-refractivity contribution in [2.45, 2.75) is 38.0 Å². The first-order valence-corrected chi connectivity index (χ1v) is 9.09. The number of aromatic nitrogens is 3. The Labute approximate surface area is 151 Å². The van der Waals surface area contributed by atoms with Gasteiger partial charge in [-0.05, 0) is 30.9 Å². The van der Waals surface area contributed by atoms with Crippen molar-refractivity contribution >= 4 is 22.6 Å².